The van der Waals surface area contributed by atoms with Crippen LogP contribution in [0.4, 0.5) is 0 Å². The summed E-state index contributed by atoms with van der Waals surface area (Å²) in [4.78, 5) is 14.0. The largest absolute Gasteiger partial charge is 0.438 e. The fourth-order valence-electron chi connectivity index (χ4n) is 2.38. The highest BCUT2D eigenvalue weighted by molar-refractivity contribution is 5.51. The number of hydrogen-bond acceptors (Lipinski definition) is 4. The highest BCUT2D eigenvalue weighted by Crippen LogP contribution is 2.14. The van der Waals surface area contributed by atoms with E-state index in [-0.39, 0.29) is 5.76 Å². The van der Waals surface area contributed by atoms with Gasteiger partial charge in [-0.15, -0.1) is 5.10 Å². The van der Waals surface area contributed by atoms with Crippen LogP contribution in [0.2, 0.25) is 0 Å². The predicted molar refractivity (Wildman–Crippen MR) is 71.6 cm³/mol. The molecular formula is C14H17N3O2. The van der Waals surface area contributed by atoms with Gasteiger partial charge in [0.1, 0.15) is 6.67 Å². The highest BCUT2D eigenvalue weighted by atomic mass is 16.4. The monoisotopic (exact) mass is 259 g/mol. The summed E-state index contributed by atoms with van der Waals surface area (Å²) in [7, 11) is 0. The zero-order chi connectivity index (χ0) is 13.1. The predicted octanol–water partition coefficient (Wildman–Crippen LogP) is 1.95. The first-order valence-electron chi connectivity index (χ1n) is 6.69. The van der Waals surface area contributed by atoms with Crippen molar-refractivity contribution >= 4 is 0 Å². The number of aromatic nitrogens is 2. The first-order chi connectivity index (χ1) is 9.33. The van der Waals surface area contributed by atoms with Gasteiger partial charge in [0, 0.05) is 5.56 Å². The van der Waals surface area contributed by atoms with Gasteiger partial charge in [0.2, 0.25) is 5.89 Å². The van der Waals surface area contributed by atoms with E-state index in [1.165, 1.54) is 23.9 Å². The van der Waals surface area contributed by atoms with Gasteiger partial charge in [-0.25, -0.2) is 4.79 Å². The zero-order valence-electron chi connectivity index (χ0n) is 10.8. The summed E-state index contributed by atoms with van der Waals surface area (Å²) >= 11 is 0. The van der Waals surface area contributed by atoms with Crippen molar-refractivity contribution in [1.82, 2.24) is 14.7 Å². The Bertz CT molecular complexity index is 582. The van der Waals surface area contributed by atoms with E-state index in [9.17, 15) is 4.79 Å². The molecule has 0 atom stereocenters. The van der Waals surface area contributed by atoms with Crippen LogP contribution in [-0.2, 0) is 6.67 Å². The van der Waals surface area contributed by atoms with E-state index >= 15 is 0 Å². The average molecular weight is 259 g/mol. The number of rotatable bonds is 3. The van der Waals surface area contributed by atoms with Gasteiger partial charge in [-0.2, -0.15) is 4.68 Å². The van der Waals surface area contributed by atoms with Crippen LogP contribution in [0.25, 0.3) is 11.5 Å². The molecule has 3 rings (SSSR count). The van der Waals surface area contributed by atoms with E-state index in [2.05, 4.69) is 10.00 Å². The summed E-state index contributed by atoms with van der Waals surface area (Å²) in [6.45, 7) is 2.58. The minimum absolute atomic E-state index is 0.385. The van der Waals surface area contributed by atoms with E-state index in [0.717, 1.165) is 18.7 Å². The summed E-state index contributed by atoms with van der Waals surface area (Å²) in [5.74, 6) is 0.00651. The fraction of sp³-hybridized carbons (Fsp3) is 0.429. The summed E-state index contributed by atoms with van der Waals surface area (Å²) in [6, 6.07) is 9.50. The van der Waals surface area contributed by atoms with Crippen molar-refractivity contribution < 1.29 is 4.42 Å². The Morgan fingerprint density at radius 3 is 2.58 bits per heavy atom. The molecule has 0 radical (unpaired) electrons. The molecule has 5 nitrogen and oxygen atoms in total. The SMILES string of the molecule is O=c1oc(-c2ccccc2)nn1CN1CCCCC1. The van der Waals surface area contributed by atoms with E-state index in [1.54, 1.807) is 0 Å². The lowest BCUT2D eigenvalue weighted by atomic mass is 10.1. The normalized spacial score (nSPS) is 16.6. The lowest BCUT2D eigenvalue weighted by Crippen LogP contribution is -2.35. The number of likely N-dealkylation sites (tertiary alicyclic amines) is 1. The van der Waals surface area contributed by atoms with Crippen LogP contribution in [0.3, 0.4) is 0 Å². The van der Waals surface area contributed by atoms with Gasteiger partial charge in [-0.3, -0.25) is 4.90 Å². The van der Waals surface area contributed by atoms with Crippen LogP contribution in [-0.4, -0.2) is 27.8 Å². The lowest BCUT2D eigenvalue weighted by molar-refractivity contribution is 0.168. The molecule has 0 unspecified atom stereocenters. The molecule has 1 aromatic carbocycles. The van der Waals surface area contributed by atoms with Gasteiger partial charge >= 0.3 is 5.76 Å². The van der Waals surface area contributed by atoms with Crippen LogP contribution in [0, 0.1) is 0 Å². The fourth-order valence-corrected chi connectivity index (χ4v) is 2.38. The Hall–Kier alpha value is -1.88. The van der Waals surface area contributed by atoms with Crippen LogP contribution < -0.4 is 5.76 Å². The number of nitrogens with zero attached hydrogens (tertiary/aromatic N) is 3. The molecule has 0 bridgehead atoms. The molecule has 0 amide bonds. The topological polar surface area (TPSA) is 51.3 Å². The molecule has 5 heteroatoms. The van der Waals surface area contributed by atoms with Crippen LogP contribution in [0.15, 0.2) is 39.5 Å². The van der Waals surface area contributed by atoms with E-state index < -0.39 is 0 Å². The molecule has 1 fully saturated rings. The molecule has 19 heavy (non-hydrogen) atoms. The third-order valence-electron chi connectivity index (χ3n) is 3.41. The number of benzene rings is 1. The zero-order valence-corrected chi connectivity index (χ0v) is 10.8. The molecule has 1 aliphatic heterocycles. The Morgan fingerprint density at radius 1 is 1.11 bits per heavy atom. The summed E-state index contributed by atoms with van der Waals surface area (Å²) in [6.07, 6.45) is 3.66. The number of hydrogen-bond donors (Lipinski definition) is 0. The van der Waals surface area contributed by atoms with E-state index in [4.69, 9.17) is 4.42 Å². The minimum atomic E-state index is -0.385. The Morgan fingerprint density at radius 2 is 1.84 bits per heavy atom. The molecule has 0 saturated carbocycles. The maximum absolute atomic E-state index is 11.8. The molecule has 0 aliphatic carbocycles. The first-order valence-corrected chi connectivity index (χ1v) is 6.69. The second-order valence-corrected chi connectivity index (χ2v) is 4.86. The molecule has 0 N–H and O–H groups in total. The third kappa shape index (κ3) is 2.76. The van der Waals surface area contributed by atoms with Gasteiger partial charge < -0.3 is 4.42 Å². The molecule has 2 aromatic rings. The van der Waals surface area contributed by atoms with Gasteiger partial charge in [0.05, 0.1) is 0 Å². The molecule has 100 valence electrons. The molecule has 1 aliphatic rings. The van der Waals surface area contributed by atoms with E-state index in [1.807, 2.05) is 30.3 Å². The van der Waals surface area contributed by atoms with Gasteiger partial charge in [0.25, 0.3) is 0 Å². The summed E-state index contributed by atoms with van der Waals surface area (Å²) in [5.41, 5.74) is 0.831. The molecule has 1 aromatic heterocycles. The second kappa shape index (κ2) is 5.40. The van der Waals surface area contributed by atoms with Crippen LogP contribution >= 0.6 is 0 Å². The molecule has 2 heterocycles. The van der Waals surface area contributed by atoms with Gasteiger partial charge in [0.15, 0.2) is 0 Å². The van der Waals surface area contributed by atoms with Crippen molar-refractivity contribution in [2.24, 2.45) is 0 Å². The Kier molecular flexibility index (Phi) is 3.46. The van der Waals surface area contributed by atoms with E-state index in [0.29, 0.717) is 12.6 Å². The van der Waals surface area contributed by atoms with Gasteiger partial charge in [-0.05, 0) is 38.1 Å². The average Bonchev–Trinajstić information content (AvgIpc) is 2.82. The van der Waals surface area contributed by atoms with Crippen molar-refractivity contribution in [3.63, 3.8) is 0 Å². The molecular weight excluding hydrogens is 242 g/mol. The molecule has 0 spiro atoms. The van der Waals surface area contributed by atoms with Crippen molar-refractivity contribution in [2.75, 3.05) is 13.1 Å². The van der Waals surface area contributed by atoms with Gasteiger partial charge in [-0.1, -0.05) is 24.6 Å². The molecule has 1 saturated heterocycles. The van der Waals surface area contributed by atoms with Crippen molar-refractivity contribution in [3.8, 4) is 11.5 Å². The van der Waals surface area contributed by atoms with Crippen LogP contribution in [0.5, 0.6) is 0 Å². The first kappa shape index (κ1) is 12.2. The second-order valence-electron chi connectivity index (χ2n) is 4.86. The lowest BCUT2D eigenvalue weighted by Gasteiger charge is -2.25. The summed E-state index contributed by atoms with van der Waals surface area (Å²) in [5, 5.41) is 4.27. The standard InChI is InChI=1S/C14H17N3O2/c18-14-17(11-16-9-5-2-6-10-16)15-13(19-14)12-7-3-1-4-8-12/h1,3-4,7-8H,2,5-6,9-11H2. The third-order valence-corrected chi connectivity index (χ3v) is 3.41. The quantitative estimate of drug-likeness (QED) is 0.845. The smallest absolute Gasteiger partial charge is 0.388 e. The Balaban J connectivity index is 1.79. The minimum Gasteiger partial charge on any atom is -0.388 e. The van der Waals surface area contributed by atoms with Crippen molar-refractivity contribution in [3.05, 3.63) is 40.9 Å². The summed E-state index contributed by atoms with van der Waals surface area (Å²) < 4.78 is 6.62. The van der Waals surface area contributed by atoms with Crippen LogP contribution in [0.1, 0.15) is 19.3 Å². The maximum Gasteiger partial charge on any atom is 0.438 e. The number of piperidine rings is 1. The van der Waals surface area contributed by atoms with Crippen molar-refractivity contribution in [2.45, 2.75) is 25.9 Å². The van der Waals surface area contributed by atoms with Crippen molar-refractivity contribution in [1.29, 1.82) is 0 Å². The highest BCUT2D eigenvalue weighted by Gasteiger charge is 2.15. The maximum atomic E-state index is 11.8. The Labute approximate surface area is 111 Å².